The molecule has 0 bridgehead atoms. The van der Waals surface area contributed by atoms with Crippen molar-refractivity contribution in [3.05, 3.63) is 41.5 Å². The van der Waals surface area contributed by atoms with Gasteiger partial charge in [0.2, 0.25) is 5.95 Å². The highest BCUT2D eigenvalue weighted by molar-refractivity contribution is 7.16. The quantitative estimate of drug-likeness (QED) is 0.797. The highest BCUT2D eigenvalue weighted by Crippen LogP contribution is 2.27. The number of anilines is 2. The lowest BCUT2D eigenvalue weighted by Gasteiger charge is -2.18. The normalized spacial score (nSPS) is 10.8. The first-order chi connectivity index (χ1) is 9.74. The van der Waals surface area contributed by atoms with E-state index in [0.717, 1.165) is 34.7 Å². The summed E-state index contributed by atoms with van der Waals surface area (Å²) >= 11 is 1.58. The summed E-state index contributed by atoms with van der Waals surface area (Å²) in [6.45, 7) is 0.832. The maximum absolute atomic E-state index is 5.77. The van der Waals surface area contributed by atoms with Crippen molar-refractivity contribution in [3.8, 4) is 0 Å². The van der Waals surface area contributed by atoms with Crippen LogP contribution in [0.2, 0.25) is 0 Å². The lowest BCUT2D eigenvalue weighted by molar-refractivity contribution is 0.842. The number of rotatable bonds is 4. The molecule has 0 spiro atoms. The number of likely N-dealkylation sites (N-methyl/N-ethyl adjacent to an activating group) is 1. The van der Waals surface area contributed by atoms with Crippen LogP contribution in [0.5, 0.6) is 0 Å². The van der Waals surface area contributed by atoms with Crippen molar-refractivity contribution in [2.45, 2.75) is 6.42 Å². The minimum Gasteiger partial charge on any atom is -0.368 e. The molecule has 0 atom stereocenters. The van der Waals surface area contributed by atoms with Crippen LogP contribution >= 0.6 is 11.3 Å². The average molecular weight is 285 g/mol. The summed E-state index contributed by atoms with van der Waals surface area (Å²) in [6, 6.07) is 7.99. The molecule has 102 valence electrons. The predicted molar refractivity (Wildman–Crippen MR) is 83.0 cm³/mol. The molecule has 0 aliphatic heterocycles. The third-order valence-corrected chi connectivity index (χ3v) is 3.92. The Balaban J connectivity index is 1.82. The zero-order valence-corrected chi connectivity index (χ0v) is 12.0. The fourth-order valence-corrected chi connectivity index (χ4v) is 2.85. The van der Waals surface area contributed by atoms with Gasteiger partial charge < -0.3 is 10.6 Å². The predicted octanol–water partition coefficient (Wildman–Crippen LogP) is 2.35. The van der Waals surface area contributed by atoms with Crippen LogP contribution in [0.3, 0.4) is 0 Å². The van der Waals surface area contributed by atoms with E-state index in [1.807, 2.05) is 42.9 Å². The van der Waals surface area contributed by atoms with Gasteiger partial charge in [0.15, 0.2) is 0 Å². The summed E-state index contributed by atoms with van der Waals surface area (Å²) in [7, 11) is 2.02. The van der Waals surface area contributed by atoms with E-state index in [2.05, 4.69) is 19.9 Å². The lowest BCUT2D eigenvalue weighted by atomic mass is 10.2. The number of nitrogens with two attached hydrogens (primary N) is 1. The molecule has 0 unspecified atom stereocenters. The maximum atomic E-state index is 5.77. The summed E-state index contributed by atoms with van der Waals surface area (Å²) in [4.78, 5) is 16.0. The molecule has 3 aromatic heterocycles. The van der Waals surface area contributed by atoms with Crippen LogP contribution in [-0.4, -0.2) is 28.5 Å². The number of nitrogens with zero attached hydrogens (tertiary/aromatic N) is 4. The Kier molecular flexibility index (Phi) is 3.47. The van der Waals surface area contributed by atoms with E-state index < -0.39 is 0 Å². The standard InChI is InChI=1S/C14H15N5S/c1-19(8-5-10-4-2-3-7-16-10)12-11-6-9-20-13(11)18-14(15)17-12/h2-4,6-7,9H,5,8H2,1H3,(H2,15,17,18). The third kappa shape index (κ3) is 2.55. The highest BCUT2D eigenvalue weighted by Gasteiger charge is 2.11. The molecule has 6 heteroatoms. The average Bonchev–Trinajstić information content (AvgIpc) is 2.93. The molecule has 0 amide bonds. The number of thiophene rings is 1. The summed E-state index contributed by atoms with van der Waals surface area (Å²) in [5.41, 5.74) is 6.85. The van der Waals surface area contributed by atoms with Crippen LogP contribution in [0.25, 0.3) is 10.2 Å². The minimum absolute atomic E-state index is 0.319. The van der Waals surface area contributed by atoms with E-state index in [0.29, 0.717) is 5.95 Å². The maximum Gasteiger partial charge on any atom is 0.223 e. The van der Waals surface area contributed by atoms with E-state index in [4.69, 9.17) is 5.73 Å². The number of aromatic nitrogens is 3. The fraction of sp³-hybridized carbons (Fsp3) is 0.214. The molecule has 3 heterocycles. The molecule has 0 saturated heterocycles. The molecule has 0 aromatic carbocycles. The van der Waals surface area contributed by atoms with E-state index in [1.54, 1.807) is 11.3 Å². The van der Waals surface area contributed by atoms with E-state index in [1.165, 1.54) is 0 Å². The molecule has 0 aliphatic rings. The second kappa shape index (κ2) is 5.42. The molecule has 0 aliphatic carbocycles. The Morgan fingerprint density at radius 1 is 1.25 bits per heavy atom. The fourth-order valence-electron chi connectivity index (χ4n) is 2.08. The molecule has 2 N–H and O–H groups in total. The van der Waals surface area contributed by atoms with Gasteiger partial charge in [-0.15, -0.1) is 11.3 Å². The van der Waals surface area contributed by atoms with Crippen LogP contribution < -0.4 is 10.6 Å². The summed E-state index contributed by atoms with van der Waals surface area (Å²) < 4.78 is 0. The Labute approximate surface area is 121 Å². The number of hydrogen-bond acceptors (Lipinski definition) is 6. The van der Waals surface area contributed by atoms with Crippen molar-refractivity contribution < 1.29 is 0 Å². The number of pyridine rings is 1. The molecular weight excluding hydrogens is 270 g/mol. The Hall–Kier alpha value is -2.21. The van der Waals surface area contributed by atoms with Gasteiger partial charge in [-0.2, -0.15) is 4.98 Å². The molecule has 0 saturated carbocycles. The van der Waals surface area contributed by atoms with Crippen molar-refractivity contribution in [1.29, 1.82) is 0 Å². The first-order valence-electron chi connectivity index (χ1n) is 6.36. The topological polar surface area (TPSA) is 67.9 Å². The van der Waals surface area contributed by atoms with Crippen molar-refractivity contribution in [1.82, 2.24) is 15.0 Å². The summed E-state index contributed by atoms with van der Waals surface area (Å²) in [5, 5.41) is 3.06. The lowest BCUT2D eigenvalue weighted by Crippen LogP contribution is -2.22. The molecule has 20 heavy (non-hydrogen) atoms. The van der Waals surface area contributed by atoms with Crippen molar-refractivity contribution in [3.63, 3.8) is 0 Å². The number of fused-ring (bicyclic) bond motifs is 1. The first-order valence-corrected chi connectivity index (χ1v) is 7.24. The van der Waals surface area contributed by atoms with Crippen LogP contribution in [-0.2, 0) is 6.42 Å². The molecule has 5 nitrogen and oxygen atoms in total. The van der Waals surface area contributed by atoms with Crippen LogP contribution in [0.4, 0.5) is 11.8 Å². The third-order valence-electron chi connectivity index (χ3n) is 3.11. The van der Waals surface area contributed by atoms with Gasteiger partial charge in [-0.25, -0.2) is 4.98 Å². The monoisotopic (exact) mass is 285 g/mol. The second-order valence-electron chi connectivity index (χ2n) is 4.54. The molecule has 3 aromatic rings. The van der Waals surface area contributed by atoms with Crippen molar-refractivity contribution in [2.75, 3.05) is 24.2 Å². The number of hydrogen-bond donors (Lipinski definition) is 1. The zero-order valence-electron chi connectivity index (χ0n) is 11.2. The largest absolute Gasteiger partial charge is 0.368 e. The zero-order chi connectivity index (χ0) is 13.9. The van der Waals surface area contributed by atoms with Gasteiger partial charge in [-0.3, -0.25) is 4.98 Å². The van der Waals surface area contributed by atoms with Crippen molar-refractivity contribution >= 4 is 33.3 Å². The van der Waals surface area contributed by atoms with E-state index in [-0.39, 0.29) is 0 Å². The second-order valence-corrected chi connectivity index (χ2v) is 5.43. The Bertz CT molecular complexity index is 710. The smallest absolute Gasteiger partial charge is 0.223 e. The summed E-state index contributed by atoms with van der Waals surface area (Å²) in [5.74, 6) is 1.20. The molecule has 0 fully saturated rings. The van der Waals surface area contributed by atoms with Crippen LogP contribution in [0.15, 0.2) is 35.8 Å². The van der Waals surface area contributed by atoms with Gasteiger partial charge in [0.1, 0.15) is 10.6 Å². The van der Waals surface area contributed by atoms with Crippen LogP contribution in [0, 0.1) is 0 Å². The van der Waals surface area contributed by atoms with E-state index in [9.17, 15) is 0 Å². The highest BCUT2D eigenvalue weighted by atomic mass is 32.1. The first kappa shape index (κ1) is 12.8. The SMILES string of the molecule is CN(CCc1ccccn1)c1nc(N)nc2sccc12. The van der Waals surface area contributed by atoms with Gasteiger partial charge >= 0.3 is 0 Å². The molecule has 0 radical (unpaired) electrons. The minimum atomic E-state index is 0.319. The van der Waals surface area contributed by atoms with E-state index >= 15 is 0 Å². The van der Waals surface area contributed by atoms with Gasteiger partial charge in [-0.05, 0) is 23.6 Å². The Morgan fingerprint density at radius 2 is 2.15 bits per heavy atom. The van der Waals surface area contributed by atoms with Gasteiger partial charge in [0, 0.05) is 31.9 Å². The summed E-state index contributed by atoms with van der Waals surface area (Å²) in [6.07, 6.45) is 2.68. The van der Waals surface area contributed by atoms with Gasteiger partial charge in [0.05, 0.1) is 5.39 Å². The van der Waals surface area contributed by atoms with Gasteiger partial charge in [0.25, 0.3) is 0 Å². The number of nitrogen functional groups attached to an aromatic ring is 1. The Morgan fingerprint density at radius 3 is 2.95 bits per heavy atom. The molecule has 3 rings (SSSR count). The van der Waals surface area contributed by atoms with Crippen molar-refractivity contribution in [2.24, 2.45) is 0 Å². The van der Waals surface area contributed by atoms with Crippen LogP contribution in [0.1, 0.15) is 5.69 Å². The molecular formula is C14H15N5S. The van der Waals surface area contributed by atoms with Gasteiger partial charge in [-0.1, -0.05) is 6.07 Å².